The van der Waals surface area contributed by atoms with Crippen LogP contribution in [0.1, 0.15) is 24.3 Å². The first-order valence-corrected chi connectivity index (χ1v) is 7.07. The summed E-state index contributed by atoms with van der Waals surface area (Å²) < 4.78 is 9.40. The molecule has 0 fully saturated rings. The van der Waals surface area contributed by atoms with Gasteiger partial charge in [0.2, 0.25) is 5.13 Å². The van der Waals surface area contributed by atoms with Crippen LogP contribution in [0.4, 0.5) is 5.13 Å². The van der Waals surface area contributed by atoms with Crippen LogP contribution in [0, 0.1) is 6.92 Å². The molecule has 0 bridgehead atoms. The van der Waals surface area contributed by atoms with Gasteiger partial charge in [0.05, 0.1) is 6.42 Å². The van der Waals surface area contributed by atoms with Crippen molar-refractivity contribution in [1.29, 1.82) is 0 Å². The Bertz CT molecular complexity index is 687. The van der Waals surface area contributed by atoms with Crippen molar-refractivity contribution in [1.82, 2.24) is 9.36 Å². The number of furan rings is 1. The molecule has 0 spiro atoms. The lowest BCUT2D eigenvalue weighted by molar-refractivity contribution is -0.116. The number of nitrogens with zero attached hydrogens (tertiary/aromatic N) is 3. The number of hydrogen-bond acceptors (Lipinski definition) is 6. The number of likely N-dealkylation sites (N-methyl/N-ethyl adjacent to an activating group) is 1. The number of ketones is 1. The van der Waals surface area contributed by atoms with Crippen LogP contribution in [0.15, 0.2) is 22.6 Å². The number of aryl methyl sites for hydroxylation is 1. The van der Waals surface area contributed by atoms with Crippen molar-refractivity contribution in [2.45, 2.75) is 20.3 Å². The van der Waals surface area contributed by atoms with E-state index in [4.69, 9.17) is 4.42 Å². The zero-order valence-corrected chi connectivity index (χ0v) is 12.8. The number of amides is 1. The molecule has 7 heteroatoms. The van der Waals surface area contributed by atoms with Gasteiger partial charge in [-0.25, -0.2) is 4.98 Å². The van der Waals surface area contributed by atoms with Gasteiger partial charge in [-0.1, -0.05) is 0 Å². The Balaban J connectivity index is 2.03. The molecule has 2 aromatic rings. The molecule has 0 aliphatic heterocycles. The SMILES string of the molecule is CC(=O)Cc1nsc(N(C)C(=O)/C=C\c2ccc(C)o2)n1. The predicted octanol–water partition coefficient (Wildman–Crippen LogP) is 2.25. The first-order valence-electron chi connectivity index (χ1n) is 6.30. The maximum atomic E-state index is 12.0. The molecule has 0 saturated carbocycles. The second-order valence-electron chi connectivity index (χ2n) is 4.55. The minimum absolute atomic E-state index is 0.0126. The molecular weight excluding hydrogens is 290 g/mol. The van der Waals surface area contributed by atoms with E-state index in [1.54, 1.807) is 19.2 Å². The number of carbonyl (C=O) groups excluding carboxylic acids is 2. The van der Waals surface area contributed by atoms with Crippen LogP contribution < -0.4 is 4.90 Å². The van der Waals surface area contributed by atoms with E-state index < -0.39 is 0 Å². The van der Waals surface area contributed by atoms with Crippen molar-refractivity contribution < 1.29 is 14.0 Å². The summed E-state index contributed by atoms with van der Waals surface area (Å²) in [6.07, 6.45) is 3.19. The van der Waals surface area contributed by atoms with Gasteiger partial charge in [0.15, 0.2) is 5.82 Å². The third-order valence-corrected chi connectivity index (χ3v) is 3.46. The fourth-order valence-corrected chi connectivity index (χ4v) is 2.23. The monoisotopic (exact) mass is 305 g/mol. The van der Waals surface area contributed by atoms with Crippen LogP contribution in [-0.4, -0.2) is 28.1 Å². The Kier molecular flexibility index (Phi) is 4.64. The van der Waals surface area contributed by atoms with E-state index in [1.165, 1.54) is 17.9 Å². The molecule has 1 amide bonds. The molecular formula is C14H15N3O3S. The van der Waals surface area contributed by atoms with Crippen molar-refractivity contribution in [2.24, 2.45) is 0 Å². The van der Waals surface area contributed by atoms with Gasteiger partial charge in [0.25, 0.3) is 5.91 Å². The normalized spacial score (nSPS) is 11.0. The second-order valence-corrected chi connectivity index (χ2v) is 5.28. The highest BCUT2D eigenvalue weighted by atomic mass is 32.1. The van der Waals surface area contributed by atoms with E-state index in [0.29, 0.717) is 16.7 Å². The van der Waals surface area contributed by atoms with Crippen LogP contribution in [0.3, 0.4) is 0 Å². The fourth-order valence-electron chi connectivity index (χ4n) is 1.58. The molecule has 0 atom stereocenters. The smallest absolute Gasteiger partial charge is 0.252 e. The summed E-state index contributed by atoms with van der Waals surface area (Å²) in [5.41, 5.74) is 0. The first kappa shape index (κ1) is 15.1. The van der Waals surface area contributed by atoms with Crippen molar-refractivity contribution in [3.63, 3.8) is 0 Å². The van der Waals surface area contributed by atoms with Crippen LogP contribution in [0.5, 0.6) is 0 Å². The number of carbonyl (C=O) groups is 2. The summed E-state index contributed by atoms with van der Waals surface area (Å²) in [6.45, 7) is 3.31. The molecule has 2 aromatic heterocycles. The standard InChI is InChI=1S/C14H15N3O3S/c1-9(18)8-12-15-14(21-16-12)17(3)13(19)7-6-11-5-4-10(2)20-11/h4-7H,8H2,1-3H3/b7-6-. The Morgan fingerprint density at radius 2 is 2.19 bits per heavy atom. The highest BCUT2D eigenvalue weighted by Gasteiger charge is 2.14. The quantitative estimate of drug-likeness (QED) is 0.792. The highest BCUT2D eigenvalue weighted by Crippen LogP contribution is 2.17. The van der Waals surface area contributed by atoms with Gasteiger partial charge in [-0.3, -0.25) is 14.5 Å². The molecule has 0 saturated heterocycles. The molecule has 0 aliphatic carbocycles. The summed E-state index contributed by atoms with van der Waals surface area (Å²) in [5, 5.41) is 0.455. The van der Waals surface area contributed by atoms with Gasteiger partial charge in [0, 0.05) is 24.7 Å². The predicted molar refractivity (Wildman–Crippen MR) is 80.2 cm³/mol. The fraction of sp³-hybridized carbons (Fsp3) is 0.286. The maximum Gasteiger partial charge on any atom is 0.252 e. The Morgan fingerprint density at radius 1 is 1.43 bits per heavy atom. The van der Waals surface area contributed by atoms with Crippen LogP contribution in [0.25, 0.3) is 6.08 Å². The molecule has 110 valence electrons. The summed E-state index contributed by atoms with van der Waals surface area (Å²) in [5.74, 6) is 1.58. The molecule has 0 N–H and O–H groups in total. The lowest BCUT2D eigenvalue weighted by Crippen LogP contribution is -2.23. The number of anilines is 1. The number of aromatic nitrogens is 2. The molecule has 0 aliphatic rings. The molecule has 0 unspecified atom stereocenters. The van der Waals surface area contributed by atoms with Crippen LogP contribution >= 0.6 is 11.5 Å². The average molecular weight is 305 g/mol. The third kappa shape index (κ3) is 4.09. The topological polar surface area (TPSA) is 76.3 Å². The number of hydrogen-bond donors (Lipinski definition) is 0. The zero-order chi connectivity index (χ0) is 15.4. The molecule has 2 heterocycles. The molecule has 2 rings (SSSR count). The Morgan fingerprint density at radius 3 is 2.81 bits per heavy atom. The van der Waals surface area contributed by atoms with E-state index in [2.05, 4.69) is 9.36 Å². The minimum atomic E-state index is -0.241. The summed E-state index contributed by atoms with van der Waals surface area (Å²) in [6, 6.07) is 3.61. The Hall–Kier alpha value is -2.28. The maximum absolute atomic E-state index is 12.0. The van der Waals surface area contributed by atoms with Gasteiger partial charge < -0.3 is 4.42 Å². The van der Waals surface area contributed by atoms with E-state index in [1.807, 2.05) is 13.0 Å². The van der Waals surface area contributed by atoms with E-state index in [9.17, 15) is 9.59 Å². The summed E-state index contributed by atoms with van der Waals surface area (Å²) in [4.78, 5) is 28.6. The number of Topliss-reactive ketones (excluding diaryl/α,β-unsaturated/α-hetero) is 1. The largest absolute Gasteiger partial charge is 0.462 e. The first-order chi connectivity index (χ1) is 9.95. The third-order valence-electron chi connectivity index (χ3n) is 2.63. The minimum Gasteiger partial charge on any atom is -0.462 e. The van der Waals surface area contributed by atoms with E-state index in [0.717, 1.165) is 17.3 Å². The van der Waals surface area contributed by atoms with Gasteiger partial charge >= 0.3 is 0 Å². The molecule has 6 nitrogen and oxygen atoms in total. The summed E-state index contributed by atoms with van der Waals surface area (Å²) in [7, 11) is 1.61. The van der Waals surface area contributed by atoms with Crippen LogP contribution in [0.2, 0.25) is 0 Å². The van der Waals surface area contributed by atoms with Gasteiger partial charge in [-0.15, -0.1) is 0 Å². The van der Waals surface area contributed by atoms with Gasteiger partial charge in [-0.2, -0.15) is 4.37 Å². The van der Waals surface area contributed by atoms with E-state index >= 15 is 0 Å². The van der Waals surface area contributed by atoms with Crippen molar-refractivity contribution in [3.8, 4) is 0 Å². The summed E-state index contributed by atoms with van der Waals surface area (Å²) >= 11 is 1.09. The lowest BCUT2D eigenvalue weighted by atomic mass is 10.3. The van der Waals surface area contributed by atoms with Gasteiger partial charge in [0.1, 0.15) is 17.3 Å². The van der Waals surface area contributed by atoms with Crippen molar-refractivity contribution in [3.05, 3.63) is 35.6 Å². The lowest BCUT2D eigenvalue weighted by Gasteiger charge is -2.09. The number of rotatable bonds is 5. The highest BCUT2D eigenvalue weighted by molar-refractivity contribution is 7.09. The Labute approximate surface area is 126 Å². The van der Waals surface area contributed by atoms with E-state index in [-0.39, 0.29) is 18.1 Å². The van der Waals surface area contributed by atoms with Crippen molar-refractivity contribution >= 4 is 34.4 Å². The van der Waals surface area contributed by atoms with Gasteiger partial charge in [-0.05, 0) is 32.1 Å². The molecule has 0 aromatic carbocycles. The van der Waals surface area contributed by atoms with Crippen LogP contribution in [-0.2, 0) is 16.0 Å². The molecule has 21 heavy (non-hydrogen) atoms. The zero-order valence-electron chi connectivity index (χ0n) is 12.0. The second kappa shape index (κ2) is 6.45. The molecule has 0 radical (unpaired) electrons. The average Bonchev–Trinajstić information content (AvgIpc) is 3.03. The van der Waals surface area contributed by atoms with Crippen molar-refractivity contribution in [2.75, 3.05) is 11.9 Å².